The highest BCUT2D eigenvalue weighted by Gasteiger charge is 2.41. The third kappa shape index (κ3) is 5.73. The molecule has 0 saturated carbocycles. The van der Waals surface area contributed by atoms with Crippen LogP contribution in [-0.2, 0) is 14.6 Å². The average molecular weight is 473 g/mol. The Hall–Kier alpha value is -2.45. The Balaban J connectivity index is 1.92. The van der Waals surface area contributed by atoms with Crippen LogP contribution < -0.4 is 0 Å². The number of benzene rings is 2. The SMILES string of the molecule is COCC1=C([C@H](O)CC/C(=C/c2cc(C)c(O)c(C)c2)c2ccccc2)[C@H](CO)S(=O)(=O)C1. The van der Waals surface area contributed by atoms with E-state index in [-0.39, 0.29) is 18.1 Å². The van der Waals surface area contributed by atoms with Crippen LogP contribution >= 0.6 is 0 Å². The maximum atomic E-state index is 12.5. The first-order valence-electron chi connectivity index (χ1n) is 10.9. The summed E-state index contributed by atoms with van der Waals surface area (Å²) in [4.78, 5) is 0. The topological polar surface area (TPSA) is 104 Å². The van der Waals surface area contributed by atoms with Crippen LogP contribution in [0.3, 0.4) is 0 Å². The molecule has 1 heterocycles. The van der Waals surface area contributed by atoms with Crippen molar-refractivity contribution in [3.8, 4) is 5.75 Å². The maximum absolute atomic E-state index is 12.5. The summed E-state index contributed by atoms with van der Waals surface area (Å²) >= 11 is 0. The Kier molecular flexibility index (Phi) is 8.13. The van der Waals surface area contributed by atoms with Gasteiger partial charge in [-0.25, -0.2) is 8.42 Å². The number of rotatable bonds is 9. The smallest absolute Gasteiger partial charge is 0.163 e. The van der Waals surface area contributed by atoms with Crippen LogP contribution in [0, 0.1) is 13.8 Å². The molecule has 178 valence electrons. The van der Waals surface area contributed by atoms with E-state index < -0.39 is 27.8 Å². The molecule has 3 rings (SSSR count). The molecule has 0 bridgehead atoms. The van der Waals surface area contributed by atoms with Gasteiger partial charge in [0.1, 0.15) is 11.0 Å². The molecule has 2 aromatic carbocycles. The lowest BCUT2D eigenvalue weighted by atomic mass is 9.92. The lowest BCUT2D eigenvalue weighted by Gasteiger charge is -2.20. The first-order valence-corrected chi connectivity index (χ1v) is 12.7. The van der Waals surface area contributed by atoms with E-state index in [1.165, 1.54) is 7.11 Å². The number of aliphatic hydroxyl groups is 2. The molecule has 0 aliphatic carbocycles. The average Bonchev–Trinajstić information content (AvgIpc) is 3.04. The molecule has 0 fully saturated rings. The van der Waals surface area contributed by atoms with Gasteiger partial charge in [-0.05, 0) is 77.8 Å². The van der Waals surface area contributed by atoms with E-state index >= 15 is 0 Å². The van der Waals surface area contributed by atoms with Crippen LogP contribution in [0.15, 0.2) is 53.6 Å². The zero-order valence-electron chi connectivity index (χ0n) is 19.3. The molecule has 6 nitrogen and oxygen atoms in total. The van der Waals surface area contributed by atoms with Gasteiger partial charge in [-0.3, -0.25) is 0 Å². The van der Waals surface area contributed by atoms with Gasteiger partial charge in [-0.2, -0.15) is 0 Å². The van der Waals surface area contributed by atoms with Crippen LogP contribution in [0.4, 0.5) is 0 Å². The van der Waals surface area contributed by atoms with Crippen LogP contribution in [0.5, 0.6) is 5.75 Å². The van der Waals surface area contributed by atoms with Crippen LogP contribution in [0.2, 0.25) is 0 Å². The van der Waals surface area contributed by atoms with E-state index in [9.17, 15) is 23.7 Å². The van der Waals surface area contributed by atoms with Crippen molar-refractivity contribution in [2.45, 2.75) is 38.0 Å². The van der Waals surface area contributed by atoms with Crippen molar-refractivity contribution < 1.29 is 28.5 Å². The van der Waals surface area contributed by atoms with E-state index in [4.69, 9.17) is 4.74 Å². The molecule has 7 heteroatoms. The predicted octanol–water partition coefficient (Wildman–Crippen LogP) is 3.42. The summed E-state index contributed by atoms with van der Waals surface area (Å²) < 4.78 is 30.1. The highest BCUT2D eigenvalue weighted by atomic mass is 32.2. The standard InChI is InChI=1S/C26H32O6S/c1-17-11-19(12-18(2)26(17)29)13-21(20-7-5-4-6-8-20)9-10-23(28)25-22(15-32-3)16-33(30,31)24(25)14-27/h4-8,11-13,23-24,27-29H,9-10,14-16H2,1-3H3/b21-13-/t23-,24+/m1/s1. The number of aliphatic hydroxyl groups excluding tert-OH is 2. The molecule has 0 amide bonds. The van der Waals surface area contributed by atoms with E-state index in [2.05, 4.69) is 0 Å². The van der Waals surface area contributed by atoms with Crippen molar-refractivity contribution in [2.24, 2.45) is 0 Å². The van der Waals surface area contributed by atoms with Gasteiger partial charge in [0.15, 0.2) is 9.84 Å². The molecule has 1 aliphatic heterocycles. The fraction of sp³-hybridized carbons (Fsp3) is 0.385. The largest absolute Gasteiger partial charge is 0.507 e. The molecule has 2 atom stereocenters. The first kappa shape index (κ1) is 25.2. The van der Waals surface area contributed by atoms with E-state index in [1.807, 2.05) is 62.4 Å². The minimum Gasteiger partial charge on any atom is -0.507 e. The summed E-state index contributed by atoms with van der Waals surface area (Å²) in [7, 11) is -2.08. The number of phenols is 1. The number of methoxy groups -OCH3 is 1. The number of ether oxygens (including phenoxy) is 1. The minimum atomic E-state index is -3.56. The summed E-state index contributed by atoms with van der Waals surface area (Å²) in [6, 6.07) is 13.6. The molecule has 3 N–H and O–H groups in total. The van der Waals surface area contributed by atoms with Crippen molar-refractivity contribution in [3.05, 3.63) is 75.9 Å². The van der Waals surface area contributed by atoms with E-state index in [0.717, 1.165) is 27.8 Å². The van der Waals surface area contributed by atoms with Gasteiger partial charge >= 0.3 is 0 Å². The van der Waals surface area contributed by atoms with Gasteiger partial charge in [0.25, 0.3) is 0 Å². The normalized spacial score (nSPS) is 19.2. The predicted molar refractivity (Wildman–Crippen MR) is 131 cm³/mol. The number of hydrogen-bond acceptors (Lipinski definition) is 6. The van der Waals surface area contributed by atoms with Crippen LogP contribution in [-0.4, -0.2) is 61.2 Å². The van der Waals surface area contributed by atoms with Crippen molar-refractivity contribution in [1.82, 2.24) is 0 Å². The van der Waals surface area contributed by atoms with Gasteiger partial charge in [0.2, 0.25) is 0 Å². The third-order valence-electron chi connectivity index (χ3n) is 6.09. The highest BCUT2D eigenvalue weighted by molar-refractivity contribution is 7.92. The number of allylic oxidation sites excluding steroid dienone is 1. The van der Waals surface area contributed by atoms with Gasteiger partial charge in [0.05, 0.1) is 25.1 Å². The second-order valence-corrected chi connectivity index (χ2v) is 10.7. The number of aromatic hydroxyl groups is 1. The summed E-state index contributed by atoms with van der Waals surface area (Å²) in [5.41, 5.74) is 5.37. The Labute approximate surface area is 195 Å². The van der Waals surface area contributed by atoms with Gasteiger partial charge in [0, 0.05) is 7.11 Å². The number of hydrogen-bond donors (Lipinski definition) is 3. The summed E-state index contributed by atoms with van der Waals surface area (Å²) in [5, 5.41) is 29.8. The van der Waals surface area contributed by atoms with E-state index in [1.54, 1.807) is 0 Å². The molecular weight excluding hydrogens is 440 g/mol. The summed E-state index contributed by atoms with van der Waals surface area (Å²) in [6.45, 7) is 3.25. The molecule has 0 radical (unpaired) electrons. The Morgan fingerprint density at radius 1 is 1.18 bits per heavy atom. The lowest BCUT2D eigenvalue weighted by Crippen LogP contribution is -2.29. The maximum Gasteiger partial charge on any atom is 0.163 e. The monoisotopic (exact) mass is 472 g/mol. The number of aryl methyl sites for hydroxylation is 2. The highest BCUT2D eigenvalue weighted by Crippen LogP contribution is 2.34. The second-order valence-electron chi connectivity index (χ2n) is 8.56. The molecule has 1 aliphatic rings. The van der Waals surface area contributed by atoms with Crippen molar-refractivity contribution >= 4 is 21.5 Å². The fourth-order valence-corrected chi connectivity index (χ4v) is 6.36. The quantitative estimate of drug-likeness (QED) is 0.382. The van der Waals surface area contributed by atoms with Crippen LogP contribution in [0.1, 0.15) is 35.1 Å². The zero-order chi connectivity index (χ0) is 24.2. The zero-order valence-corrected chi connectivity index (χ0v) is 20.1. The van der Waals surface area contributed by atoms with Gasteiger partial charge < -0.3 is 20.1 Å². The molecule has 2 aromatic rings. The molecule has 0 saturated heterocycles. The van der Waals surface area contributed by atoms with E-state index in [0.29, 0.717) is 24.0 Å². The first-order chi connectivity index (χ1) is 15.7. The molecule has 33 heavy (non-hydrogen) atoms. The number of phenolic OH excluding ortho intramolecular Hbond substituents is 1. The number of sulfone groups is 1. The molecule has 0 aromatic heterocycles. The molecule has 0 unspecified atom stereocenters. The van der Waals surface area contributed by atoms with Crippen LogP contribution in [0.25, 0.3) is 11.6 Å². The lowest BCUT2D eigenvalue weighted by molar-refractivity contribution is 0.184. The van der Waals surface area contributed by atoms with Gasteiger partial charge in [-0.15, -0.1) is 0 Å². The Morgan fingerprint density at radius 2 is 1.82 bits per heavy atom. The van der Waals surface area contributed by atoms with Crippen molar-refractivity contribution in [3.63, 3.8) is 0 Å². The second kappa shape index (κ2) is 10.7. The van der Waals surface area contributed by atoms with Gasteiger partial charge in [-0.1, -0.05) is 36.4 Å². The fourth-order valence-electron chi connectivity index (χ4n) is 4.48. The molecule has 0 spiro atoms. The summed E-state index contributed by atoms with van der Waals surface area (Å²) in [5.74, 6) is 0.0743. The minimum absolute atomic E-state index is 0.107. The van der Waals surface area contributed by atoms with Crippen molar-refractivity contribution in [2.75, 3.05) is 26.1 Å². The third-order valence-corrected chi connectivity index (χ3v) is 8.11. The Bertz CT molecular complexity index is 1130. The Morgan fingerprint density at radius 3 is 2.39 bits per heavy atom. The molecular formula is C26H32O6S. The van der Waals surface area contributed by atoms with Crippen molar-refractivity contribution in [1.29, 1.82) is 0 Å². The summed E-state index contributed by atoms with van der Waals surface area (Å²) in [6.07, 6.45) is 1.80.